The third kappa shape index (κ3) is 6.89. The van der Waals surface area contributed by atoms with Crippen LogP contribution in [0.1, 0.15) is 22.5 Å². The molecule has 0 aliphatic carbocycles. The fraction of sp³-hybridized carbons (Fsp3) is 0.312. The zero-order valence-electron chi connectivity index (χ0n) is 13.7. The second-order valence-corrected chi connectivity index (χ2v) is 5.54. The number of hydrogen-bond acceptors (Lipinski definition) is 2. The van der Waals surface area contributed by atoms with Gasteiger partial charge in [-0.3, -0.25) is 0 Å². The second kappa shape index (κ2) is 8.03. The predicted octanol–water partition coefficient (Wildman–Crippen LogP) is 3.85. The number of phenols is 2. The number of nitrogens with zero attached hydrogens (tertiary/aromatic N) is 1. The SMILES string of the molecule is Cc1cc(C)[n+](CCc2ccc(O)c(O)c2)c(C)c1.F[B-](F)(F)F. The molecule has 0 saturated carbocycles. The van der Waals surface area contributed by atoms with Crippen LogP contribution in [0.3, 0.4) is 0 Å². The second-order valence-electron chi connectivity index (χ2n) is 5.54. The molecule has 1 aromatic carbocycles. The lowest BCUT2D eigenvalue weighted by Gasteiger charge is -2.06. The number of aromatic hydroxyl groups is 2. The van der Waals surface area contributed by atoms with Gasteiger partial charge in [0.2, 0.25) is 0 Å². The monoisotopic (exact) mass is 345 g/mol. The minimum atomic E-state index is -6.00. The molecule has 0 radical (unpaired) electrons. The lowest BCUT2D eigenvalue weighted by Crippen LogP contribution is -2.41. The highest BCUT2D eigenvalue weighted by atomic mass is 19.5. The molecule has 2 N–H and O–H groups in total. The van der Waals surface area contributed by atoms with Crippen molar-refractivity contribution in [3.8, 4) is 11.5 Å². The summed E-state index contributed by atoms with van der Waals surface area (Å²) >= 11 is 0. The summed E-state index contributed by atoms with van der Waals surface area (Å²) in [4.78, 5) is 0. The Kier molecular flexibility index (Phi) is 6.63. The summed E-state index contributed by atoms with van der Waals surface area (Å²) in [5.41, 5.74) is 4.76. The van der Waals surface area contributed by atoms with Gasteiger partial charge in [-0.1, -0.05) is 6.07 Å². The van der Waals surface area contributed by atoms with Crippen molar-refractivity contribution in [1.29, 1.82) is 0 Å². The van der Waals surface area contributed by atoms with E-state index < -0.39 is 7.25 Å². The number of halogens is 4. The van der Waals surface area contributed by atoms with Crippen molar-refractivity contribution in [1.82, 2.24) is 0 Å². The van der Waals surface area contributed by atoms with E-state index in [0.717, 1.165) is 18.5 Å². The van der Waals surface area contributed by atoms with Gasteiger partial charge in [0.25, 0.3) is 0 Å². The first-order valence-electron chi connectivity index (χ1n) is 7.33. The third-order valence-electron chi connectivity index (χ3n) is 3.39. The topological polar surface area (TPSA) is 44.3 Å². The maximum absolute atomic E-state index is 9.75. The van der Waals surface area contributed by atoms with E-state index in [2.05, 4.69) is 37.5 Å². The molecule has 0 fully saturated rings. The molecular formula is C16H20BF4NO2. The predicted molar refractivity (Wildman–Crippen MR) is 84.5 cm³/mol. The Hall–Kier alpha value is -2.25. The van der Waals surface area contributed by atoms with E-state index in [-0.39, 0.29) is 11.5 Å². The van der Waals surface area contributed by atoms with Crippen LogP contribution in [0.25, 0.3) is 0 Å². The molecule has 2 aromatic rings. The van der Waals surface area contributed by atoms with E-state index in [4.69, 9.17) is 0 Å². The van der Waals surface area contributed by atoms with Crippen LogP contribution in [-0.4, -0.2) is 17.5 Å². The number of aromatic nitrogens is 1. The summed E-state index contributed by atoms with van der Waals surface area (Å²) in [6, 6.07) is 9.33. The van der Waals surface area contributed by atoms with Crippen molar-refractivity contribution in [3.63, 3.8) is 0 Å². The number of rotatable bonds is 3. The van der Waals surface area contributed by atoms with Gasteiger partial charge in [0, 0.05) is 32.4 Å². The summed E-state index contributed by atoms with van der Waals surface area (Å²) in [5, 5.41) is 18.8. The highest BCUT2D eigenvalue weighted by Crippen LogP contribution is 2.25. The average molecular weight is 345 g/mol. The maximum Gasteiger partial charge on any atom is 0.673 e. The molecular weight excluding hydrogens is 325 g/mol. The van der Waals surface area contributed by atoms with Crippen LogP contribution in [-0.2, 0) is 13.0 Å². The summed E-state index contributed by atoms with van der Waals surface area (Å²) in [5.74, 6) is -0.126. The number of hydrogen-bond donors (Lipinski definition) is 2. The Morgan fingerprint density at radius 2 is 1.38 bits per heavy atom. The molecule has 0 saturated heterocycles. The normalized spacial score (nSPS) is 11.0. The summed E-state index contributed by atoms with van der Waals surface area (Å²) < 4.78 is 41.3. The fourth-order valence-corrected chi connectivity index (χ4v) is 2.45. The van der Waals surface area contributed by atoms with Crippen molar-refractivity contribution < 1.29 is 32.0 Å². The molecule has 0 aliphatic heterocycles. The highest BCUT2D eigenvalue weighted by Gasteiger charge is 2.20. The van der Waals surface area contributed by atoms with E-state index in [1.165, 1.54) is 23.0 Å². The van der Waals surface area contributed by atoms with Gasteiger partial charge in [-0.2, -0.15) is 4.57 Å². The van der Waals surface area contributed by atoms with Gasteiger partial charge >= 0.3 is 7.25 Å². The molecule has 3 nitrogen and oxygen atoms in total. The Balaban J connectivity index is 0.000000505. The number of aryl methyl sites for hydroxylation is 4. The molecule has 0 bridgehead atoms. The van der Waals surface area contributed by atoms with Crippen LogP contribution < -0.4 is 4.57 Å². The summed E-state index contributed by atoms with van der Waals surface area (Å²) in [6.07, 6.45) is 0.823. The molecule has 1 aromatic heterocycles. The minimum absolute atomic E-state index is 0.0557. The standard InChI is InChI=1S/C16H19NO2.BF4/c1-11-8-12(2)17(13(3)9-11)7-6-14-4-5-15(18)16(19)10-14;2-1(3,4)5/h4-5,8-10H,6-7H2,1-3H3,(H-,18,19);/q;-1/p+1. The fourth-order valence-electron chi connectivity index (χ4n) is 2.45. The van der Waals surface area contributed by atoms with Gasteiger partial charge in [-0.25, -0.2) is 0 Å². The molecule has 0 amide bonds. The van der Waals surface area contributed by atoms with Gasteiger partial charge in [-0.15, -0.1) is 0 Å². The van der Waals surface area contributed by atoms with Gasteiger partial charge < -0.3 is 27.5 Å². The third-order valence-corrected chi connectivity index (χ3v) is 3.39. The van der Waals surface area contributed by atoms with Crippen LogP contribution in [0.5, 0.6) is 11.5 Å². The Bertz CT molecular complexity index is 676. The first-order valence-corrected chi connectivity index (χ1v) is 7.33. The molecule has 8 heteroatoms. The Morgan fingerprint density at radius 3 is 1.83 bits per heavy atom. The van der Waals surface area contributed by atoms with Crippen LogP contribution in [0, 0.1) is 20.8 Å². The van der Waals surface area contributed by atoms with Crippen molar-refractivity contribution in [3.05, 3.63) is 52.8 Å². The van der Waals surface area contributed by atoms with Crippen molar-refractivity contribution in [2.45, 2.75) is 33.7 Å². The summed E-state index contributed by atoms with van der Waals surface area (Å²) in [7, 11) is -6.00. The lowest BCUT2D eigenvalue weighted by molar-refractivity contribution is -0.708. The van der Waals surface area contributed by atoms with Crippen LogP contribution in [0.15, 0.2) is 30.3 Å². The molecule has 0 atom stereocenters. The van der Waals surface area contributed by atoms with E-state index in [9.17, 15) is 27.5 Å². The molecule has 24 heavy (non-hydrogen) atoms. The number of pyridine rings is 1. The highest BCUT2D eigenvalue weighted by molar-refractivity contribution is 6.50. The molecule has 0 aliphatic rings. The van der Waals surface area contributed by atoms with E-state index in [1.54, 1.807) is 6.07 Å². The van der Waals surface area contributed by atoms with Crippen LogP contribution >= 0.6 is 0 Å². The van der Waals surface area contributed by atoms with Crippen molar-refractivity contribution in [2.24, 2.45) is 0 Å². The largest absolute Gasteiger partial charge is 0.673 e. The van der Waals surface area contributed by atoms with Gasteiger partial charge in [0.05, 0.1) is 0 Å². The molecule has 2 rings (SSSR count). The Morgan fingerprint density at radius 1 is 0.875 bits per heavy atom. The lowest BCUT2D eigenvalue weighted by atomic mass is 10.1. The average Bonchev–Trinajstić information content (AvgIpc) is 2.39. The van der Waals surface area contributed by atoms with Crippen molar-refractivity contribution in [2.75, 3.05) is 0 Å². The quantitative estimate of drug-likeness (QED) is 0.384. The minimum Gasteiger partial charge on any atom is -0.504 e. The number of benzene rings is 1. The smallest absolute Gasteiger partial charge is 0.504 e. The Labute approximate surface area is 138 Å². The molecule has 132 valence electrons. The van der Waals surface area contributed by atoms with Crippen LogP contribution in [0.4, 0.5) is 17.3 Å². The van der Waals surface area contributed by atoms with Gasteiger partial charge in [-0.05, 0) is 30.2 Å². The van der Waals surface area contributed by atoms with Gasteiger partial charge in [0.15, 0.2) is 29.4 Å². The summed E-state index contributed by atoms with van der Waals surface area (Å²) in [6.45, 7) is 7.17. The van der Waals surface area contributed by atoms with E-state index in [0.29, 0.717) is 0 Å². The zero-order valence-corrected chi connectivity index (χ0v) is 13.7. The van der Waals surface area contributed by atoms with Crippen LogP contribution in [0.2, 0.25) is 0 Å². The van der Waals surface area contributed by atoms with Crippen molar-refractivity contribution >= 4 is 7.25 Å². The van der Waals surface area contributed by atoms with E-state index >= 15 is 0 Å². The van der Waals surface area contributed by atoms with E-state index in [1.807, 2.05) is 6.07 Å². The first-order chi connectivity index (χ1) is 11.0. The first kappa shape index (κ1) is 19.8. The number of phenolic OH excluding ortho intramolecular Hbond substituents is 2. The maximum atomic E-state index is 9.75. The molecule has 1 heterocycles. The molecule has 0 spiro atoms. The van der Waals surface area contributed by atoms with Gasteiger partial charge in [0.1, 0.15) is 0 Å². The zero-order chi connectivity index (χ0) is 18.5. The molecule has 0 unspecified atom stereocenters.